The maximum Gasteiger partial charge on any atom is 0.255 e. The molecule has 33 heavy (non-hydrogen) atoms. The van der Waals surface area contributed by atoms with E-state index in [0.717, 1.165) is 18.4 Å². The lowest BCUT2D eigenvalue weighted by molar-refractivity contribution is 0.0927. The van der Waals surface area contributed by atoms with Crippen molar-refractivity contribution in [3.63, 3.8) is 0 Å². The number of nitrogens with one attached hydrogen (secondary N) is 3. The van der Waals surface area contributed by atoms with Crippen molar-refractivity contribution >= 4 is 26.8 Å². The second kappa shape index (κ2) is 8.55. The van der Waals surface area contributed by atoms with Crippen LogP contribution in [0, 0.1) is 5.92 Å². The summed E-state index contributed by atoms with van der Waals surface area (Å²) in [6, 6.07) is 6.26. The topological polar surface area (TPSA) is 121 Å². The Labute approximate surface area is 192 Å². The molecule has 4 rings (SSSR count). The van der Waals surface area contributed by atoms with Crippen LogP contribution in [0.4, 0.5) is 0 Å². The third-order valence-electron chi connectivity index (χ3n) is 6.07. The Hall–Kier alpha value is -2.75. The first-order chi connectivity index (χ1) is 15.5. The van der Waals surface area contributed by atoms with Gasteiger partial charge in [0, 0.05) is 22.7 Å². The zero-order valence-electron chi connectivity index (χ0n) is 19.2. The molecule has 0 bridgehead atoms. The van der Waals surface area contributed by atoms with Gasteiger partial charge in [0.25, 0.3) is 5.56 Å². The average Bonchev–Trinajstić information content (AvgIpc) is 3.40. The highest BCUT2D eigenvalue weighted by Crippen LogP contribution is 2.37. The molecule has 1 aliphatic rings. The second-order valence-electron chi connectivity index (χ2n) is 9.70. The Morgan fingerprint density at radius 3 is 2.64 bits per heavy atom. The Bertz CT molecular complexity index is 1360. The van der Waals surface area contributed by atoms with Gasteiger partial charge in [-0.15, -0.1) is 0 Å². The molecule has 0 radical (unpaired) electrons. The first-order valence-electron chi connectivity index (χ1n) is 10.9. The largest absolute Gasteiger partial charge is 0.463 e. The summed E-state index contributed by atoms with van der Waals surface area (Å²) in [5.41, 5.74) is 2.31. The van der Waals surface area contributed by atoms with Crippen molar-refractivity contribution in [3.8, 4) is 11.1 Å². The van der Waals surface area contributed by atoms with Gasteiger partial charge in [-0.05, 0) is 60.7 Å². The molecule has 176 valence electrons. The van der Waals surface area contributed by atoms with E-state index in [1.54, 1.807) is 24.4 Å². The van der Waals surface area contributed by atoms with E-state index in [1.165, 1.54) is 6.26 Å². The highest BCUT2D eigenvalue weighted by molar-refractivity contribution is 7.88. The lowest BCUT2D eigenvalue weighted by atomic mass is 9.83. The van der Waals surface area contributed by atoms with Gasteiger partial charge in [-0.3, -0.25) is 9.59 Å². The minimum Gasteiger partial charge on any atom is -0.463 e. The van der Waals surface area contributed by atoms with Crippen LogP contribution in [-0.2, 0) is 15.4 Å². The number of pyridine rings is 1. The van der Waals surface area contributed by atoms with Gasteiger partial charge in [0.05, 0.1) is 17.9 Å². The van der Waals surface area contributed by atoms with E-state index in [0.29, 0.717) is 40.6 Å². The Morgan fingerprint density at radius 2 is 2.03 bits per heavy atom. The molecule has 2 aromatic heterocycles. The van der Waals surface area contributed by atoms with Gasteiger partial charge >= 0.3 is 0 Å². The van der Waals surface area contributed by atoms with Gasteiger partial charge in [0.1, 0.15) is 11.8 Å². The second-order valence-corrected chi connectivity index (χ2v) is 11.5. The number of hydrogen-bond acceptors (Lipinski definition) is 6. The lowest BCUT2D eigenvalue weighted by Gasteiger charge is -2.22. The van der Waals surface area contributed by atoms with Crippen molar-refractivity contribution in [2.75, 3.05) is 19.3 Å². The first-order valence-corrected chi connectivity index (χ1v) is 12.8. The summed E-state index contributed by atoms with van der Waals surface area (Å²) in [5, 5.41) is 3.76. The number of aromatic nitrogens is 1. The summed E-state index contributed by atoms with van der Waals surface area (Å²) in [6.45, 7) is 7.36. The van der Waals surface area contributed by atoms with E-state index in [-0.39, 0.29) is 22.7 Å². The molecule has 1 saturated heterocycles. The third-order valence-corrected chi connectivity index (χ3v) is 6.75. The van der Waals surface area contributed by atoms with Gasteiger partial charge in [-0.1, -0.05) is 20.8 Å². The molecule has 3 N–H and O–H groups in total. The number of carbonyl (C=O) groups excluding carboxylic acids is 1. The minimum atomic E-state index is -3.61. The predicted octanol–water partition coefficient (Wildman–Crippen LogP) is 2.80. The van der Waals surface area contributed by atoms with Crippen LogP contribution in [0.1, 0.15) is 43.1 Å². The van der Waals surface area contributed by atoms with Crippen LogP contribution in [0.5, 0.6) is 0 Å². The van der Waals surface area contributed by atoms with Crippen LogP contribution < -0.4 is 15.6 Å². The van der Waals surface area contributed by atoms with Crippen LogP contribution in [0.2, 0.25) is 0 Å². The normalized spacial score (nSPS) is 18.0. The molecule has 1 aromatic carbocycles. The standard InChI is InChI=1S/C24H29N3O5S/c1-24(2,3)19-11-15(16-6-5-8-26-23(16)29)10-17-18(13-32-22(17)19)21(28)20(27-33(4,30)31)14-7-9-25-12-14/h5-6,8,10-11,13-14,20,25,27H,7,9,12H2,1-4H3,(H,26,29)/t14?,20-/m0/s1. The zero-order valence-corrected chi connectivity index (χ0v) is 20.0. The smallest absolute Gasteiger partial charge is 0.255 e. The van der Waals surface area contributed by atoms with Crippen molar-refractivity contribution in [1.82, 2.24) is 15.0 Å². The molecule has 9 heteroatoms. The Kier molecular flexibility index (Phi) is 6.07. The van der Waals surface area contributed by atoms with Crippen molar-refractivity contribution in [3.05, 3.63) is 58.2 Å². The Morgan fingerprint density at radius 1 is 1.27 bits per heavy atom. The number of benzene rings is 1. The molecule has 0 amide bonds. The SMILES string of the molecule is CC(C)(C)c1cc(-c2ccc[nH]c2=O)cc2c(C(=O)[C@@H](NS(C)(=O)=O)C3CCNC3)coc12. The maximum atomic E-state index is 13.7. The van der Waals surface area contributed by atoms with E-state index in [9.17, 15) is 18.0 Å². The van der Waals surface area contributed by atoms with E-state index in [4.69, 9.17) is 4.42 Å². The summed E-state index contributed by atoms with van der Waals surface area (Å²) >= 11 is 0. The molecule has 0 aliphatic carbocycles. The number of carbonyl (C=O) groups is 1. The monoisotopic (exact) mass is 471 g/mol. The molecule has 3 heterocycles. The lowest BCUT2D eigenvalue weighted by Crippen LogP contribution is -2.46. The molecule has 1 fully saturated rings. The number of hydrogen-bond donors (Lipinski definition) is 3. The maximum absolute atomic E-state index is 13.7. The van der Waals surface area contributed by atoms with E-state index in [2.05, 4.69) is 15.0 Å². The molecular weight excluding hydrogens is 442 g/mol. The van der Waals surface area contributed by atoms with Crippen LogP contribution in [0.15, 0.2) is 45.9 Å². The fraction of sp³-hybridized carbons (Fsp3) is 0.417. The molecule has 1 aliphatic heterocycles. The summed E-state index contributed by atoms with van der Waals surface area (Å²) in [7, 11) is -3.61. The highest BCUT2D eigenvalue weighted by atomic mass is 32.2. The highest BCUT2D eigenvalue weighted by Gasteiger charge is 2.35. The Balaban J connectivity index is 1.91. The third kappa shape index (κ3) is 4.80. The summed E-state index contributed by atoms with van der Waals surface area (Å²) < 4.78 is 32.5. The van der Waals surface area contributed by atoms with Crippen molar-refractivity contribution < 1.29 is 17.6 Å². The number of H-pyrrole nitrogens is 1. The average molecular weight is 472 g/mol. The number of aromatic amines is 1. The van der Waals surface area contributed by atoms with Crippen LogP contribution >= 0.6 is 0 Å². The number of Topliss-reactive ketones (excluding diaryl/α,β-unsaturated/α-hetero) is 1. The van der Waals surface area contributed by atoms with E-state index >= 15 is 0 Å². The summed E-state index contributed by atoms with van der Waals surface area (Å²) in [4.78, 5) is 28.8. The first kappa shape index (κ1) is 23.4. The van der Waals surface area contributed by atoms with Gasteiger partial charge in [0.2, 0.25) is 10.0 Å². The van der Waals surface area contributed by atoms with Gasteiger partial charge in [-0.25, -0.2) is 13.1 Å². The number of ketones is 1. The minimum absolute atomic E-state index is 0.167. The number of sulfonamides is 1. The molecule has 0 spiro atoms. The van der Waals surface area contributed by atoms with Crippen LogP contribution in [0.25, 0.3) is 22.1 Å². The fourth-order valence-electron chi connectivity index (χ4n) is 4.41. The zero-order chi connectivity index (χ0) is 24.0. The molecule has 1 unspecified atom stereocenters. The van der Waals surface area contributed by atoms with Crippen LogP contribution in [-0.4, -0.2) is 44.6 Å². The molecular formula is C24H29N3O5S. The van der Waals surface area contributed by atoms with Crippen molar-refractivity contribution in [2.45, 2.75) is 38.6 Å². The van der Waals surface area contributed by atoms with Crippen molar-refractivity contribution in [2.24, 2.45) is 5.92 Å². The predicted molar refractivity (Wildman–Crippen MR) is 128 cm³/mol. The molecule has 2 atom stereocenters. The van der Waals surface area contributed by atoms with Gasteiger partial charge in [0.15, 0.2) is 5.78 Å². The number of rotatable bonds is 6. The quantitative estimate of drug-likeness (QED) is 0.476. The molecule has 0 saturated carbocycles. The van der Waals surface area contributed by atoms with Gasteiger partial charge in [-0.2, -0.15) is 0 Å². The summed E-state index contributed by atoms with van der Waals surface area (Å²) in [6.07, 6.45) is 4.72. The van der Waals surface area contributed by atoms with Gasteiger partial charge < -0.3 is 14.7 Å². The molecule has 8 nitrogen and oxygen atoms in total. The number of fused-ring (bicyclic) bond motifs is 1. The van der Waals surface area contributed by atoms with Crippen molar-refractivity contribution in [1.29, 1.82) is 0 Å². The summed E-state index contributed by atoms with van der Waals surface area (Å²) in [5.74, 6) is -0.508. The fourth-order valence-corrected chi connectivity index (χ4v) is 5.17. The van der Waals surface area contributed by atoms with E-state index < -0.39 is 16.1 Å². The van der Waals surface area contributed by atoms with Crippen LogP contribution in [0.3, 0.4) is 0 Å². The molecule has 3 aromatic rings. The number of furan rings is 1. The van der Waals surface area contributed by atoms with E-state index in [1.807, 2.05) is 26.8 Å².